The molecule has 0 saturated heterocycles. The van der Waals surface area contributed by atoms with Crippen LogP contribution in [0, 0.1) is 0 Å². The van der Waals surface area contributed by atoms with Gasteiger partial charge in [0.25, 0.3) is 0 Å². The topological polar surface area (TPSA) is 78.3 Å². The van der Waals surface area contributed by atoms with Crippen LogP contribution in [0.5, 0.6) is 11.5 Å². The molecule has 0 aliphatic carbocycles. The van der Waals surface area contributed by atoms with Gasteiger partial charge in [-0.1, -0.05) is 17.8 Å². The molecule has 1 amide bonds. The first-order valence-electron chi connectivity index (χ1n) is 8.74. The zero-order valence-electron chi connectivity index (χ0n) is 16.1. The Morgan fingerprint density at radius 3 is 2.68 bits per heavy atom. The number of carbonyl (C=O) groups is 1. The van der Waals surface area contributed by atoms with Crippen molar-refractivity contribution in [2.45, 2.75) is 30.8 Å². The molecule has 1 N–H and O–H groups in total. The van der Waals surface area contributed by atoms with Crippen LogP contribution in [0.25, 0.3) is 10.7 Å². The summed E-state index contributed by atoms with van der Waals surface area (Å²) < 4.78 is 12.5. The first kappa shape index (κ1) is 20.2. The molecule has 0 aliphatic rings. The number of anilines is 1. The Bertz CT molecular complexity index is 941. The van der Waals surface area contributed by atoms with Gasteiger partial charge in [0.05, 0.1) is 24.3 Å². The van der Waals surface area contributed by atoms with Crippen molar-refractivity contribution in [3.8, 4) is 22.2 Å². The summed E-state index contributed by atoms with van der Waals surface area (Å²) in [5.41, 5.74) is 0.645. The normalized spacial score (nSPS) is 11.9. The van der Waals surface area contributed by atoms with Crippen molar-refractivity contribution in [3.63, 3.8) is 0 Å². The van der Waals surface area contributed by atoms with Gasteiger partial charge in [0.2, 0.25) is 5.91 Å². The summed E-state index contributed by atoms with van der Waals surface area (Å²) >= 11 is 3.00. The molecular formula is C19H22N4O3S2. The van der Waals surface area contributed by atoms with Crippen molar-refractivity contribution in [1.82, 2.24) is 14.8 Å². The fourth-order valence-electron chi connectivity index (χ4n) is 2.62. The van der Waals surface area contributed by atoms with E-state index in [4.69, 9.17) is 9.47 Å². The first-order valence-corrected chi connectivity index (χ1v) is 10.5. The van der Waals surface area contributed by atoms with Crippen LogP contribution in [0.4, 0.5) is 5.69 Å². The molecule has 2 aromatic heterocycles. The molecule has 0 bridgehead atoms. The average molecular weight is 419 g/mol. The van der Waals surface area contributed by atoms with Gasteiger partial charge in [-0.2, -0.15) is 0 Å². The monoisotopic (exact) mass is 418 g/mol. The number of hydrogen-bond donors (Lipinski definition) is 1. The SMILES string of the molecule is CCn1c(S[C@@H](C)C(=O)Nc2ccc(OC)c(OC)c2)nnc1-c1cccs1. The summed E-state index contributed by atoms with van der Waals surface area (Å²) in [7, 11) is 3.13. The molecular weight excluding hydrogens is 396 g/mol. The second-order valence-corrected chi connectivity index (χ2v) is 8.10. The second kappa shape index (κ2) is 9.11. The van der Waals surface area contributed by atoms with Crippen molar-refractivity contribution in [3.05, 3.63) is 35.7 Å². The van der Waals surface area contributed by atoms with E-state index in [0.29, 0.717) is 17.2 Å². The maximum absolute atomic E-state index is 12.6. The Hall–Kier alpha value is -2.52. The fraction of sp³-hybridized carbons (Fsp3) is 0.316. The minimum Gasteiger partial charge on any atom is -0.493 e. The third kappa shape index (κ3) is 4.31. The number of methoxy groups -OCH3 is 2. The van der Waals surface area contributed by atoms with Crippen LogP contribution in [0.2, 0.25) is 0 Å². The molecule has 1 aromatic carbocycles. The highest BCUT2D eigenvalue weighted by atomic mass is 32.2. The van der Waals surface area contributed by atoms with Gasteiger partial charge in [-0.3, -0.25) is 4.79 Å². The van der Waals surface area contributed by atoms with Crippen molar-refractivity contribution < 1.29 is 14.3 Å². The van der Waals surface area contributed by atoms with E-state index in [9.17, 15) is 4.79 Å². The molecule has 0 spiro atoms. The third-order valence-corrected chi connectivity index (χ3v) is 6.02. The van der Waals surface area contributed by atoms with E-state index in [1.807, 2.05) is 35.9 Å². The molecule has 2 heterocycles. The van der Waals surface area contributed by atoms with Gasteiger partial charge in [0, 0.05) is 18.3 Å². The lowest BCUT2D eigenvalue weighted by Crippen LogP contribution is -2.23. The summed E-state index contributed by atoms with van der Waals surface area (Å²) in [5, 5.41) is 13.9. The molecule has 28 heavy (non-hydrogen) atoms. The lowest BCUT2D eigenvalue weighted by molar-refractivity contribution is -0.115. The average Bonchev–Trinajstić information content (AvgIpc) is 3.37. The van der Waals surface area contributed by atoms with Gasteiger partial charge >= 0.3 is 0 Å². The minimum atomic E-state index is -0.348. The highest BCUT2D eigenvalue weighted by Gasteiger charge is 2.21. The molecule has 3 aromatic rings. The fourth-order valence-corrected chi connectivity index (χ4v) is 4.25. The molecule has 0 aliphatic heterocycles. The van der Waals surface area contributed by atoms with Crippen LogP contribution in [0.3, 0.4) is 0 Å². The number of thiophene rings is 1. The van der Waals surface area contributed by atoms with E-state index >= 15 is 0 Å². The van der Waals surface area contributed by atoms with Gasteiger partial charge < -0.3 is 19.4 Å². The molecule has 0 saturated carbocycles. The Kier molecular flexibility index (Phi) is 6.58. The number of rotatable bonds is 8. The number of amides is 1. The maximum Gasteiger partial charge on any atom is 0.237 e. The standard InChI is InChI=1S/C19H22N4O3S2/c1-5-23-17(16-7-6-10-27-16)21-22-19(23)28-12(2)18(24)20-13-8-9-14(25-3)15(11-13)26-4/h6-12H,5H2,1-4H3,(H,20,24)/t12-/m0/s1. The van der Waals surface area contributed by atoms with E-state index in [-0.39, 0.29) is 11.2 Å². The largest absolute Gasteiger partial charge is 0.493 e. The Balaban J connectivity index is 1.71. The predicted octanol–water partition coefficient (Wildman–Crippen LogP) is 4.16. The van der Waals surface area contributed by atoms with Crippen LogP contribution < -0.4 is 14.8 Å². The Morgan fingerprint density at radius 1 is 1.25 bits per heavy atom. The van der Waals surface area contributed by atoms with Gasteiger partial charge in [0.15, 0.2) is 22.5 Å². The van der Waals surface area contributed by atoms with Crippen molar-refractivity contribution >= 4 is 34.7 Å². The van der Waals surface area contributed by atoms with Gasteiger partial charge in [-0.15, -0.1) is 21.5 Å². The second-order valence-electron chi connectivity index (χ2n) is 5.85. The van der Waals surface area contributed by atoms with E-state index in [1.165, 1.54) is 11.8 Å². The highest BCUT2D eigenvalue weighted by Crippen LogP contribution is 2.31. The van der Waals surface area contributed by atoms with Crippen LogP contribution in [-0.4, -0.2) is 40.1 Å². The van der Waals surface area contributed by atoms with Gasteiger partial charge in [-0.05, 0) is 37.4 Å². The van der Waals surface area contributed by atoms with Crippen LogP contribution in [0.15, 0.2) is 40.9 Å². The highest BCUT2D eigenvalue weighted by molar-refractivity contribution is 8.00. The zero-order chi connectivity index (χ0) is 20.1. The van der Waals surface area contributed by atoms with Crippen molar-refractivity contribution in [1.29, 1.82) is 0 Å². The van der Waals surface area contributed by atoms with Crippen LogP contribution >= 0.6 is 23.1 Å². The van der Waals surface area contributed by atoms with E-state index in [0.717, 1.165) is 22.4 Å². The maximum atomic E-state index is 12.6. The van der Waals surface area contributed by atoms with Crippen LogP contribution in [0.1, 0.15) is 13.8 Å². The number of nitrogens with one attached hydrogen (secondary N) is 1. The molecule has 1 atom stereocenters. The predicted molar refractivity (Wildman–Crippen MR) is 113 cm³/mol. The summed E-state index contributed by atoms with van der Waals surface area (Å²) in [4.78, 5) is 13.7. The van der Waals surface area contributed by atoms with Crippen molar-refractivity contribution in [2.24, 2.45) is 0 Å². The number of hydrogen-bond acceptors (Lipinski definition) is 7. The smallest absolute Gasteiger partial charge is 0.237 e. The van der Waals surface area contributed by atoms with Crippen LogP contribution in [-0.2, 0) is 11.3 Å². The lowest BCUT2D eigenvalue weighted by atomic mass is 10.2. The zero-order valence-corrected chi connectivity index (χ0v) is 17.8. The molecule has 7 nitrogen and oxygen atoms in total. The number of ether oxygens (including phenoxy) is 2. The summed E-state index contributed by atoms with van der Waals surface area (Å²) in [6.45, 7) is 4.62. The summed E-state index contributed by atoms with van der Waals surface area (Å²) in [6.07, 6.45) is 0. The number of aromatic nitrogens is 3. The van der Waals surface area contributed by atoms with E-state index in [1.54, 1.807) is 43.8 Å². The summed E-state index contributed by atoms with van der Waals surface area (Å²) in [6, 6.07) is 9.27. The van der Waals surface area contributed by atoms with E-state index < -0.39 is 0 Å². The molecule has 9 heteroatoms. The third-order valence-electron chi connectivity index (χ3n) is 4.08. The molecule has 0 radical (unpaired) electrons. The van der Waals surface area contributed by atoms with Gasteiger partial charge in [0.1, 0.15) is 0 Å². The minimum absolute atomic E-state index is 0.124. The number of thioether (sulfide) groups is 1. The quantitative estimate of drug-likeness (QED) is 0.554. The molecule has 0 unspecified atom stereocenters. The molecule has 3 rings (SSSR count). The molecule has 148 valence electrons. The van der Waals surface area contributed by atoms with E-state index in [2.05, 4.69) is 15.5 Å². The Morgan fingerprint density at radius 2 is 2.04 bits per heavy atom. The first-order chi connectivity index (χ1) is 13.6. The van der Waals surface area contributed by atoms with Gasteiger partial charge in [-0.25, -0.2) is 0 Å². The molecule has 0 fully saturated rings. The Labute approximate surface area is 172 Å². The number of benzene rings is 1. The summed E-state index contributed by atoms with van der Waals surface area (Å²) in [5.74, 6) is 1.88. The van der Waals surface area contributed by atoms with Crippen molar-refractivity contribution in [2.75, 3.05) is 19.5 Å². The number of carbonyl (C=O) groups excluding carboxylic acids is 1. The lowest BCUT2D eigenvalue weighted by Gasteiger charge is -2.14. The number of nitrogens with zero attached hydrogens (tertiary/aromatic N) is 3.